The first-order chi connectivity index (χ1) is 6.59. The molecule has 76 valence electrons. The summed E-state index contributed by atoms with van der Waals surface area (Å²) in [4.78, 5) is 8.35. The molecule has 0 saturated heterocycles. The Morgan fingerprint density at radius 2 is 2.00 bits per heavy atom. The highest BCUT2D eigenvalue weighted by Crippen LogP contribution is 2.41. The normalized spacial score (nSPS) is 16.4. The van der Waals surface area contributed by atoms with Crippen LogP contribution < -0.4 is 0 Å². The summed E-state index contributed by atoms with van der Waals surface area (Å²) >= 11 is 3.14. The Labute approximate surface area is 91.1 Å². The minimum absolute atomic E-state index is 0.240. The molecule has 4 heteroatoms. The van der Waals surface area contributed by atoms with Gasteiger partial charge in [-0.25, -0.2) is 14.4 Å². The number of aromatic nitrogens is 2. The molecule has 1 heterocycles. The third-order valence-corrected chi connectivity index (χ3v) is 2.86. The van der Waals surface area contributed by atoms with E-state index < -0.39 is 0 Å². The van der Waals surface area contributed by atoms with E-state index in [1.165, 1.54) is 0 Å². The molecule has 1 aromatic rings. The van der Waals surface area contributed by atoms with Gasteiger partial charge in [-0.15, -0.1) is 0 Å². The van der Waals surface area contributed by atoms with E-state index in [-0.39, 0.29) is 11.7 Å². The van der Waals surface area contributed by atoms with Crippen LogP contribution in [0.15, 0.2) is 4.60 Å². The largest absolute Gasteiger partial charge is 0.234 e. The molecule has 0 aromatic carbocycles. The average molecular weight is 259 g/mol. The summed E-state index contributed by atoms with van der Waals surface area (Å²) < 4.78 is 13.9. The molecule has 1 aliphatic carbocycles. The molecular weight excluding hydrogens is 247 g/mol. The van der Waals surface area contributed by atoms with E-state index in [2.05, 4.69) is 25.9 Å². The second-order valence-electron chi connectivity index (χ2n) is 4.00. The van der Waals surface area contributed by atoms with Crippen molar-refractivity contribution in [3.63, 3.8) is 0 Å². The van der Waals surface area contributed by atoms with Gasteiger partial charge in [0.2, 0.25) is 0 Å². The minimum atomic E-state index is -0.281. The lowest BCUT2D eigenvalue weighted by molar-refractivity contribution is 0.571. The number of halogens is 2. The van der Waals surface area contributed by atoms with Gasteiger partial charge in [-0.05, 0) is 28.8 Å². The first kappa shape index (κ1) is 10.0. The van der Waals surface area contributed by atoms with Crippen LogP contribution in [-0.2, 0) is 0 Å². The fourth-order valence-electron chi connectivity index (χ4n) is 1.34. The summed E-state index contributed by atoms with van der Waals surface area (Å²) in [5.41, 5.74) is 0.593. The van der Waals surface area contributed by atoms with E-state index in [0.29, 0.717) is 16.2 Å². The second-order valence-corrected chi connectivity index (χ2v) is 4.75. The lowest BCUT2D eigenvalue weighted by atomic mass is 10.2. The van der Waals surface area contributed by atoms with Crippen molar-refractivity contribution in [1.29, 1.82) is 0 Å². The smallest absolute Gasteiger partial charge is 0.177 e. The van der Waals surface area contributed by atoms with Gasteiger partial charge in [0.1, 0.15) is 10.4 Å². The van der Waals surface area contributed by atoms with Gasteiger partial charge in [0.15, 0.2) is 5.82 Å². The van der Waals surface area contributed by atoms with E-state index in [9.17, 15) is 4.39 Å². The molecule has 0 spiro atoms. The highest BCUT2D eigenvalue weighted by Gasteiger charge is 2.30. The molecule has 2 nitrogen and oxygen atoms in total. The number of hydrogen-bond acceptors (Lipinski definition) is 2. The molecule has 1 fully saturated rings. The monoisotopic (exact) mass is 258 g/mol. The van der Waals surface area contributed by atoms with Gasteiger partial charge < -0.3 is 0 Å². The second kappa shape index (κ2) is 3.57. The van der Waals surface area contributed by atoms with Crippen LogP contribution in [0.5, 0.6) is 0 Å². The minimum Gasteiger partial charge on any atom is -0.234 e. The third kappa shape index (κ3) is 1.80. The number of nitrogens with zero attached hydrogens (tertiary/aromatic N) is 2. The molecule has 0 atom stereocenters. The van der Waals surface area contributed by atoms with Crippen molar-refractivity contribution in [2.24, 2.45) is 0 Å². The van der Waals surface area contributed by atoms with Gasteiger partial charge in [0.25, 0.3) is 0 Å². The van der Waals surface area contributed by atoms with Crippen molar-refractivity contribution in [2.45, 2.75) is 38.5 Å². The average Bonchev–Trinajstić information content (AvgIpc) is 2.92. The topological polar surface area (TPSA) is 25.8 Å². The summed E-state index contributed by atoms with van der Waals surface area (Å²) in [5.74, 6) is 1.01. The molecule has 0 aliphatic heterocycles. The Hall–Kier alpha value is -0.510. The maximum Gasteiger partial charge on any atom is 0.177 e. The molecule has 0 unspecified atom stereocenters. The van der Waals surface area contributed by atoms with Gasteiger partial charge >= 0.3 is 0 Å². The maximum absolute atomic E-state index is 13.6. The number of hydrogen-bond donors (Lipinski definition) is 0. The van der Waals surface area contributed by atoms with Crippen LogP contribution in [0.4, 0.5) is 4.39 Å². The lowest BCUT2D eigenvalue weighted by Crippen LogP contribution is -2.05. The summed E-state index contributed by atoms with van der Waals surface area (Å²) in [6, 6.07) is 0. The zero-order valence-corrected chi connectivity index (χ0v) is 9.81. The zero-order valence-electron chi connectivity index (χ0n) is 8.22. The quantitative estimate of drug-likeness (QED) is 0.761. The van der Waals surface area contributed by atoms with Crippen molar-refractivity contribution in [3.05, 3.63) is 21.9 Å². The number of rotatable bonds is 2. The zero-order chi connectivity index (χ0) is 10.3. The SMILES string of the molecule is CC(C)c1nc(Br)c(F)c(C2CC2)n1. The predicted molar refractivity (Wildman–Crippen MR) is 55.8 cm³/mol. The Morgan fingerprint density at radius 1 is 1.36 bits per heavy atom. The molecule has 0 bridgehead atoms. The fourth-order valence-corrected chi connectivity index (χ4v) is 1.72. The Bertz CT molecular complexity index is 361. The molecule has 0 amide bonds. The lowest BCUT2D eigenvalue weighted by Gasteiger charge is -2.08. The van der Waals surface area contributed by atoms with Crippen molar-refractivity contribution in [1.82, 2.24) is 9.97 Å². The van der Waals surface area contributed by atoms with Gasteiger partial charge in [0, 0.05) is 11.8 Å². The first-order valence-corrected chi connectivity index (χ1v) is 5.61. The highest BCUT2D eigenvalue weighted by atomic mass is 79.9. The molecule has 1 aliphatic rings. The van der Waals surface area contributed by atoms with Crippen LogP contribution in [0.2, 0.25) is 0 Å². The molecule has 0 radical (unpaired) electrons. The van der Waals surface area contributed by atoms with E-state index in [0.717, 1.165) is 18.7 Å². The van der Waals surface area contributed by atoms with Gasteiger partial charge in [-0.2, -0.15) is 0 Å². The van der Waals surface area contributed by atoms with Crippen molar-refractivity contribution in [2.75, 3.05) is 0 Å². The van der Waals surface area contributed by atoms with Crippen LogP contribution in [0.1, 0.15) is 50.0 Å². The fraction of sp³-hybridized carbons (Fsp3) is 0.600. The Balaban J connectivity index is 2.46. The maximum atomic E-state index is 13.6. The van der Waals surface area contributed by atoms with Gasteiger partial charge in [0.05, 0.1) is 5.69 Å². The standard InChI is InChI=1S/C10H12BrFN2/c1-5(2)10-13-8(6-3-4-6)7(12)9(11)14-10/h5-6H,3-4H2,1-2H3. The molecule has 0 N–H and O–H groups in total. The van der Waals surface area contributed by atoms with Crippen LogP contribution in [-0.4, -0.2) is 9.97 Å². The van der Waals surface area contributed by atoms with E-state index in [1.807, 2.05) is 13.8 Å². The van der Waals surface area contributed by atoms with E-state index in [1.54, 1.807) is 0 Å². The van der Waals surface area contributed by atoms with Crippen LogP contribution in [0, 0.1) is 5.82 Å². The van der Waals surface area contributed by atoms with Gasteiger partial charge in [-0.1, -0.05) is 13.8 Å². The molecule has 14 heavy (non-hydrogen) atoms. The van der Waals surface area contributed by atoms with Crippen LogP contribution in [0.25, 0.3) is 0 Å². The molecule has 1 saturated carbocycles. The molecular formula is C10H12BrFN2. The Kier molecular flexibility index (Phi) is 2.56. The predicted octanol–water partition coefficient (Wildman–Crippen LogP) is 3.38. The third-order valence-electron chi connectivity index (χ3n) is 2.33. The molecule has 2 rings (SSSR count). The Morgan fingerprint density at radius 3 is 2.50 bits per heavy atom. The van der Waals surface area contributed by atoms with Crippen molar-refractivity contribution >= 4 is 15.9 Å². The molecule has 1 aromatic heterocycles. The van der Waals surface area contributed by atoms with Crippen molar-refractivity contribution < 1.29 is 4.39 Å². The van der Waals surface area contributed by atoms with Crippen LogP contribution >= 0.6 is 15.9 Å². The highest BCUT2D eigenvalue weighted by molar-refractivity contribution is 9.10. The summed E-state index contributed by atoms with van der Waals surface area (Å²) in [5, 5.41) is 0. The summed E-state index contributed by atoms with van der Waals surface area (Å²) in [6.45, 7) is 4.02. The summed E-state index contributed by atoms with van der Waals surface area (Å²) in [7, 11) is 0. The van der Waals surface area contributed by atoms with Crippen molar-refractivity contribution in [3.8, 4) is 0 Å². The summed E-state index contributed by atoms with van der Waals surface area (Å²) in [6.07, 6.45) is 2.11. The van der Waals surface area contributed by atoms with Gasteiger partial charge in [-0.3, -0.25) is 0 Å². The van der Waals surface area contributed by atoms with E-state index in [4.69, 9.17) is 0 Å². The van der Waals surface area contributed by atoms with E-state index >= 15 is 0 Å². The van der Waals surface area contributed by atoms with Crippen LogP contribution in [0.3, 0.4) is 0 Å². The first-order valence-electron chi connectivity index (χ1n) is 4.82.